The van der Waals surface area contributed by atoms with Crippen LogP contribution in [0.15, 0.2) is 39.9 Å². The number of furan rings is 1. The highest BCUT2D eigenvalue weighted by Crippen LogP contribution is 2.22. The van der Waals surface area contributed by atoms with Crippen molar-refractivity contribution < 1.29 is 13.9 Å². The Morgan fingerprint density at radius 3 is 2.71 bits per heavy atom. The van der Waals surface area contributed by atoms with Crippen molar-refractivity contribution in [2.24, 2.45) is 5.10 Å². The van der Waals surface area contributed by atoms with E-state index in [4.69, 9.17) is 20.8 Å². The van der Waals surface area contributed by atoms with Crippen molar-refractivity contribution >= 4 is 23.2 Å². The van der Waals surface area contributed by atoms with Crippen LogP contribution >= 0.6 is 11.6 Å². The van der Waals surface area contributed by atoms with Crippen molar-refractivity contribution in [2.75, 3.05) is 7.11 Å². The van der Waals surface area contributed by atoms with E-state index >= 15 is 0 Å². The minimum absolute atomic E-state index is 0.317. The lowest BCUT2D eigenvalue weighted by Crippen LogP contribution is -2.20. The van der Waals surface area contributed by atoms with Gasteiger partial charge in [0.25, 0.3) is 5.91 Å². The zero-order chi connectivity index (χ0) is 15.4. The smallest absolute Gasteiger partial charge is 0.275 e. The van der Waals surface area contributed by atoms with Gasteiger partial charge in [0.05, 0.1) is 12.7 Å². The quantitative estimate of drug-likeness (QED) is 0.695. The Kier molecular flexibility index (Phi) is 4.65. The zero-order valence-electron chi connectivity index (χ0n) is 11.9. The van der Waals surface area contributed by atoms with Crippen LogP contribution in [0.3, 0.4) is 0 Å². The molecule has 0 bridgehead atoms. The van der Waals surface area contributed by atoms with Gasteiger partial charge >= 0.3 is 0 Å². The first-order valence-electron chi connectivity index (χ1n) is 6.26. The summed E-state index contributed by atoms with van der Waals surface area (Å²) < 4.78 is 10.5. The van der Waals surface area contributed by atoms with E-state index in [1.165, 1.54) is 13.2 Å². The Hall–Kier alpha value is -2.27. The lowest BCUT2D eigenvalue weighted by molar-refractivity contribution is 0.0952. The Balaban J connectivity index is 2.17. The maximum absolute atomic E-state index is 12.1. The fourth-order valence-corrected chi connectivity index (χ4v) is 1.91. The van der Waals surface area contributed by atoms with E-state index in [1.54, 1.807) is 25.1 Å². The molecule has 0 fully saturated rings. The first-order valence-corrected chi connectivity index (χ1v) is 6.64. The number of amides is 1. The molecule has 0 aliphatic carbocycles. The lowest BCUT2D eigenvalue weighted by atomic mass is 10.2. The van der Waals surface area contributed by atoms with Gasteiger partial charge < -0.3 is 9.15 Å². The maximum atomic E-state index is 12.1. The Morgan fingerprint density at radius 1 is 1.33 bits per heavy atom. The number of carbonyl (C=O) groups excluding carboxylic acids is 1. The summed E-state index contributed by atoms with van der Waals surface area (Å²) in [6, 6.07) is 8.43. The first-order chi connectivity index (χ1) is 10.0. The molecule has 21 heavy (non-hydrogen) atoms. The minimum atomic E-state index is -0.406. The van der Waals surface area contributed by atoms with Crippen molar-refractivity contribution in [2.45, 2.75) is 13.8 Å². The molecule has 1 N–H and O–H groups in total. The first kappa shape index (κ1) is 15.1. The predicted molar refractivity (Wildman–Crippen MR) is 81.1 cm³/mol. The van der Waals surface area contributed by atoms with E-state index in [9.17, 15) is 4.79 Å². The summed E-state index contributed by atoms with van der Waals surface area (Å²) in [6.07, 6.45) is 0. The summed E-state index contributed by atoms with van der Waals surface area (Å²) in [5.74, 6) is 1.41. The molecule has 0 spiro atoms. The zero-order valence-corrected chi connectivity index (χ0v) is 12.7. The van der Waals surface area contributed by atoms with E-state index in [2.05, 4.69) is 10.5 Å². The van der Waals surface area contributed by atoms with Crippen LogP contribution in [-0.2, 0) is 0 Å². The average molecular weight is 307 g/mol. The van der Waals surface area contributed by atoms with E-state index in [0.29, 0.717) is 27.8 Å². The SMILES string of the molecule is COc1ccc(Cl)cc1C(=O)N/N=C(\C)c1ccc(C)o1. The number of carbonyl (C=O) groups is 1. The third-order valence-corrected chi connectivity index (χ3v) is 3.06. The van der Waals surface area contributed by atoms with Gasteiger partial charge in [0.1, 0.15) is 23.0 Å². The molecule has 2 rings (SSSR count). The second-order valence-corrected chi connectivity index (χ2v) is 4.83. The van der Waals surface area contributed by atoms with Gasteiger partial charge in [-0.1, -0.05) is 11.6 Å². The lowest BCUT2D eigenvalue weighted by Gasteiger charge is -2.07. The van der Waals surface area contributed by atoms with Gasteiger partial charge in [-0.3, -0.25) is 4.79 Å². The molecular formula is C15H15ClN2O3. The van der Waals surface area contributed by atoms with Crippen LogP contribution in [0, 0.1) is 6.92 Å². The van der Waals surface area contributed by atoms with Gasteiger partial charge in [-0.15, -0.1) is 0 Å². The highest BCUT2D eigenvalue weighted by atomic mass is 35.5. The molecule has 0 aliphatic heterocycles. The predicted octanol–water partition coefficient (Wildman–Crippen LogP) is 3.40. The molecule has 0 saturated heterocycles. The van der Waals surface area contributed by atoms with Gasteiger partial charge in [0.15, 0.2) is 0 Å². The Bertz CT molecular complexity index is 692. The minimum Gasteiger partial charge on any atom is -0.496 e. The summed E-state index contributed by atoms with van der Waals surface area (Å²) in [6.45, 7) is 3.58. The standard InChI is InChI=1S/C15H15ClN2O3/c1-9-4-6-13(21-9)10(2)17-18-15(19)12-8-11(16)5-7-14(12)20-3/h4-8H,1-3H3,(H,18,19)/b17-10+. The van der Waals surface area contributed by atoms with Gasteiger partial charge in [0.2, 0.25) is 0 Å². The number of nitrogens with zero attached hydrogens (tertiary/aromatic N) is 1. The monoisotopic (exact) mass is 306 g/mol. The second kappa shape index (κ2) is 6.45. The van der Waals surface area contributed by atoms with Crippen molar-refractivity contribution in [3.8, 4) is 5.75 Å². The summed E-state index contributed by atoms with van der Waals surface area (Å²) in [4.78, 5) is 12.1. The normalized spacial score (nSPS) is 11.3. The third kappa shape index (κ3) is 3.64. The Morgan fingerprint density at radius 2 is 2.10 bits per heavy atom. The van der Waals surface area contributed by atoms with Crippen molar-refractivity contribution in [1.29, 1.82) is 0 Å². The van der Waals surface area contributed by atoms with Gasteiger partial charge in [-0.25, -0.2) is 5.43 Å². The molecule has 1 aromatic carbocycles. The fourth-order valence-electron chi connectivity index (χ4n) is 1.74. The largest absolute Gasteiger partial charge is 0.496 e. The van der Waals surface area contributed by atoms with E-state index < -0.39 is 5.91 Å². The van der Waals surface area contributed by atoms with Gasteiger partial charge in [-0.05, 0) is 44.2 Å². The number of hydrogen-bond acceptors (Lipinski definition) is 4. The highest BCUT2D eigenvalue weighted by Gasteiger charge is 2.13. The number of ether oxygens (including phenoxy) is 1. The van der Waals surface area contributed by atoms with Crippen LogP contribution in [0.25, 0.3) is 0 Å². The molecule has 1 amide bonds. The molecular weight excluding hydrogens is 292 g/mol. The number of hydrogen-bond donors (Lipinski definition) is 1. The second-order valence-electron chi connectivity index (χ2n) is 4.39. The number of halogens is 1. The molecule has 0 atom stereocenters. The van der Waals surface area contributed by atoms with Crippen LogP contribution < -0.4 is 10.2 Å². The summed E-state index contributed by atoms with van der Waals surface area (Å²) in [5, 5.41) is 4.46. The number of aryl methyl sites for hydroxylation is 1. The summed E-state index contributed by atoms with van der Waals surface area (Å²) in [7, 11) is 1.49. The molecule has 5 nitrogen and oxygen atoms in total. The fraction of sp³-hybridized carbons (Fsp3) is 0.200. The third-order valence-electron chi connectivity index (χ3n) is 2.83. The van der Waals surface area contributed by atoms with Gasteiger partial charge in [-0.2, -0.15) is 5.10 Å². The molecule has 0 unspecified atom stereocenters. The average Bonchev–Trinajstić information content (AvgIpc) is 2.91. The highest BCUT2D eigenvalue weighted by molar-refractivity contribution is 6.31. The van der Waals surface area contributed by atoms with E-state index in [0.717, 1.165) is 5.76 Å². The number of methoxy groups -OCH3 is 1. The van der Waals surface area contributed by atoms with Crippen molar-refractivity contribution in [3.05, 3.63) is 52.4 Å². The van der Waals surface area contributed by atoms with Crippen molar-refractivity contribution in [3.63, 3.8) is 0 Å². The number of rotatable bonds is 4. The number of hydrazone groups is 1. The summed E-state index contributed by atoms with van der Waals surface area (Å²) in [5.41, 5.74) is 3.34. The summed E-state index contributed by atoms with van der Waals surface area (Å²) >= 11 is 5.89. The van der Waals surface area contributed by atoms with Crippen LogP contribution in [0.2, 0.25) is 5.02 Å². The van der Waals surface area contributed by atoms with Crippen molar-refractivity contribution in [1.82, 2.24) is 5.43 Å². The topological polar surface area (TPSA) is 63.8 Å². The Labute approximate surface area is 127 Å². The van der Waals surface area contributed by atoms with E-state index in [-0.39, 0.29) is 0 Å². The molecule has 2 aromatic rings. The maximum Gasteiger partial charge on any atom is 0.275 e. The van der Waals surface area contributed by atoms with Crippen LogP contribution in [0.1, 0.15) is 28.8 Å². The molecule has 1 heterocycles. The molecule has 0 radical (unpaired) electrons. The molecule has 6 heteroatoms. The van der Waals surface area contributed by atoms with E-state index in [1.807, 2.05) is 13.0 Å². The molecule has 0 aliphatic rings. The van der Waals surface area contributed by atoms with Crippen LogP contribution in [0.5, 0.6) is 5.75 Å². The number of benzene rings is 1. The van der Waals surface area contributed by atoms with Gasteiger partial charge in [0, 0.05) is 5.02 Å². The molecule has 110 valence electrons. The van der Waals surface area contributed by atoms with Crippen LogP contribution in [0.4, 0.5) is 0 Å². The number of nitrogens with one attached hydrogen (secondary N) is 1. The molecule has 0 saturated carbocycles. The molecule has 1 aromatic heterocycles. The van der Waals surface area contributed by atoms with Crippen LogP contribution in [-0.4, -0.2) is 18.7 Å².